The zero-order chi connectivity index (χ0) is 17.8. The van der Waals surface area contributed by atoms with Gasteiger partial charge in [-0.3, -0.25) is 16.1 Å². The van der Waals surface area contributed by atoms with Crippen LogP contribution in [0.1, 0.15) is 38.5 Å². The lowest BCUT2D eigenvalue weighted by Crippen LogP contribution is -2.87. The van der Waals surface area contributed by atoms with Crippen LogP contribution < -0.4 is 16.0 Å². The predicted molar refractivity (Wildman–Crippen MR) is 88.2 cm³/mol. The first-order valence-electron chi connectivity index (χ1n) is 9.30. The standard InChI is InChI=1S/C17H26F3N5/c18-17(19,20)4-2-1-3-5-23-14(21)25-15(22)24-8-16-7-10-9-6-11(16)12(9)13(10)16/h9-13H,1-8H2,(H5,21,22,23,24,25). The van der Waals surface area contributed by atoms with Crippen LogP contribution in [0, 0.1) is 45.8 Å². The molecule has 0 amide bonds. The van der Waals surface area contributed by atoms with Gasteiger partial charge in [0, 0.05) is 19.5 Å². The van der Waals surface area contributed by atoms with Gasteiger partial charge in [0.15, 0.2) is 11.9 Å². The Morgan fingerprint density at radius 3 is 2.40 bits per heavy atom. The predicted octanol–water partition coefficient (Wildman–Crippen LogP) is 2.65. The van der Waals surface area contributed by atoms with Crippen LogP contribution in [0.2, 0.25) is 0 Å². The van der Waals surface area contributed by atoms with E-state index >= 15 is 0 Å². The second-order valence-corrected chi connectivity index (χ2v) is 8.29. The molecule has 4 fully saturated rings. The summed E-state index contributed by atoms with van der Waals surface area (Å²) in [5.41, 5.74) is 0.437. The Balaban J connectivity index is 1.05. The summed E-state index contributed by atoms with van der Waals surface area (Å²) in [5, 5.41) is 24.3. The third-order valence-corrected chi connectivity index (χ3v) is 7.21. The molecular formula is C17H26F3N5. The number of hydrogen-bond acceptors (Lipinski definition) is 2. The number of unbranched alkanes of at least 4 members (excludes halogenated alkanes) is 2. The molecular weight excluding hydrogens is 331 g/mol. The van der Waals surface area contributed by atoms with Gasteiger partial charge in [0.05, 0.1) is 0 Å². The van der Waals surface area contributed by atoms with E-state index in [1.165, 1.54) is 12.8 Å². The highest BCUT2D eigenvalue weighted by molar-refractivity contribution is 5.95. The molecule has 8 heteroatoms. The molecule has 6 atom stereocenters. The molecule has 0 spiro atoms. The number of hydrogen-bond donors (Lipinski definition) is 5. The fraction of sp³-hybridized carbons (Fsp3) is 0.882. The van der Waals surface area contributed by atoms with Crippen molar-refractivity contribution in [2.75, 3.05) is 13.1 Å². The Kier molecular flexibility index (Phi) is 3.92. The maximum absolute atomic E-state index is 12.0. The van der Waals surface area contributed by atoms with Crippen LogP contribution in [0.4, 0.5) is 13.2 Å². The average molecular weight is 357 g/mol. The minimum atomic E-state index is -4.08. The fourth-order valence-corrected chi connectivity index (χ4v) is 6.12. The van der Waals surface area contributed by atoms with E-state index in [-0.39, 0.29) is 18.3 Å². The number of halogens is 3. The number of fused-ring (bicyclic) bond motifs is 2. The van der Waals surface area contributed by atoms with Crippen LogP contribution in [-0.4, -0.2) is 31.2 Å². The van der Waals surface area contributed by atoms with E-state index in [0.717, 1.165) is 36.1 Å². The smallest absolute Gasteiger partial charge is 0.356 e. The summed E-state index contributed by atoms with van der Waals surface area (Å²) in [7, 11) is 0. The van der Waals surface area contributed by atoms with Crippen molar-refractivity contribution >= 4 is 11.9 Å². The molecule has 4 aliphatic rings. The van der Waals surface area contributed by atoms with Gasteiger partial charge in [-0.15, -0.1) is 0 Å². The Labute approximate surface area is 145 Å². The van der Waals surface area contributed by atoms with E-state index in [4.69, 9.17) is 10.8 Å². The highest BCUT2D eigenvalue weighted by Crippen LogP contribution is 2.89. The average Bonchev–Trinajstić information content (AvgIpc) is 2.52. The number of guanidine groups is 2. The number of nitrogens with one attached hydrogen (secondary N) is 5. The molecule has 0 aromatic heterocycles. The van der Waals surface area contributed by atoms with Crippen molar-refractivity contribution in [3.8, 4) is 0 Å². The molecule has 5 nitrogen and oxygen atoms in total. The summed E-state index contributed by atoms with van der Waals surface area (Å²) in [6.45, 7) is 1.27. The van der Waals surface area contributed by atoms with E-state index in [1.807, 2.05) is 0 Å². The van der Waals surface area contributed by atoms with Gasteiger partial charge in [0.2, 0.25) is 0 Å². The van der Waals surface area contributed by atoms with Crippen molar-refractivity contribution in [1.29, 1.82) is 10.8 Å². The zero-order valence-electron chi connectivity index (χ0n) is 14.2. The third-order valence-electron chi connectivity index (χ3n) is 7.21. The van der Waals surface area contributed by atoms with Gasteiger partial charge in [-0.25, -0.2) is 0 Å². The van der Waals surface area contributed by atoms with Crippen LogP contribution >= 0.6 is 0 Å². The van der Waals surface area contributed by atoms with Crippen molar-refractivity contribution in [1.82, 2.24) is 16.0 Å². The minimum absolute atomic E-state index is 0.0242. The van der Waals surface area contributed by atoms with Crippen LogP contribution in [0.5, 0.6) is 0 Å². The first-order valence-corrected chi connectivity index (χ1v) is 9.30. The van der Waals surface area contributed by atoms with E-state index < -0.39 is 12.6 Å². The van der Waals surface area contributed by atoms with Crippen molar-refractivity contribution < 1.29 is 13.2 Å². The molecule has 4 aliphatic carbocycles. The van der Waals surface area contributed by atoms with E-state index in [1.54, 1.807) is 0 Å². The quantitative estimate of drug-likeness (QED) is 0.276. The maximum atomic E-state index is 12.0. The second-order valence-electron chi connectivity index (χ2n) is 8.29. The van der Waals surface area contributed by atoms with Gasteiger partial charge in [-0.2, -0.15) is 13.2 Å². The molecule has 0 radical (unpaired) electrons. The van der Waals surface area contributed by atoms with Gasteiger partial charge in [-0.05, 0) is 60.7 Å². The number of rotatable bonds is 7. The summed E-state index contributed by atoms with van der Waals surface area (Å²) >= 11 is 0. The molecule has 25 heavy (non-hydrogen) atoms. The van der Waals surface area contributed by atoms with Crippen molar-refractivity contribution in [3.05, 3.63) is 0 Å². The largest absolute Gasteiger partial charge is 0.389 e. The molecule has 0 aliphatic heterocycles. The lowest BCUT2D eigenvalue weighted by molar-refractivity contribution is -0.425. The highest BCUT2D eigenvalue weighted by Gasteiger charge is 2.85. The molecule has 4 saturated carbocycles. The molecule has 0 aromatic rings. The Bertz CT molecular complexity index is 562. The first kappa shape index (κ1) is 17.0. The lowest BCUT2D eigenvalue weighted by atomic mass is 9.14. The summed E-state index contributed by atoms with van der Waals surface area (Å²) in [4.78, 5) is 0. The third kappa shape index (κ3) is 2.68. The molecule has 0 aromatic carbocycles. The SMILES string of the molecule is N=C(NCCCCCC(F)(F)F)NC(=N)NCC12CC3C4CC1C4C32. The van der Waals surface area contributed by atoms with Gasteiger partial charge < -0.3 is 10.6 Å². The summed E-state index contributed by atoms with van der Waals surface area (Å²) in [6, 6.07) is 0. The maximum Gasteiger partial charge on any atom is 0.389 e. The van der Waals surface area contributed by atoms with Crippen molar-refractivity contribution in [2.24, 2.45) is 35.0 Å². The molecule has 5 N–H and O–H groups in total. The summed E-state index contributed by atoms with van der Waals surface area (Å²) in [6.07, 6.45) is -0.943. The summed E-state index contributed by atoms with van der Waals surface area (Å²) < 4.78 is 36.0. The van der Waals surface area contributed by atoms with Crippen molar-refractivity contribution in [2.45, 2.75) is 44.7 Å². The zero-order valence-corrected chi connectivity index (χ0v) is 14.2. The van der Waals surface area contributed by atoms with Crippen LogP contribution in [0.25, 0.3) is 0 Å². The molecule has 4 rings (SSSR count). The van der Waals surface area contributed by atoms with E-state index in [9.17, 15) is 13.2 Å². The first-order chi connectivity index (χ1) is 11.8. The van der Waals surface area contributed by atoms with Crippen LogP contribution in [0.3, 0.4) is 0 Å². The molecule has 0 bridgehead atoms. The van der Waals surface area contributed by atoms with Crippen LogP contribution in [-0.2, 0) is 0 Å². The normalized spacial score (nSPS) is 38.9. The Hall–Kier alpha value is -1.47. The van der Waals surface area contributed by atoms with Gasteiger partial charge in [0.25, 0.3) is 0 Å². The lowest BCUT2D eigenvalue weighted by Gasteiger charge is -2.90. The monoisotopic (exact) mass is 357 g/mol. The molecule has 0 saturated heterocycles. The topological polar surface area (TPSA) is 83.8 Å². The minimum Gasteiger partial charge on any atom is -0.356 e. The number of alkyl halides is 3. The Morgan fingerprint density at radius 2 is 1.80 bits per heavy atom. The van der Waals surface area contributed by atoms with E-state index in [0.29, 0.717) is 24.8 Å². The molecule has 140 valence electrons. The molecule has 0 heterocycles. The Morgan fingerprint density at radius 1 is 1.04 bits per heavy atom. The van der Waals surface area contributed by atoms with Crippen molar-refractivity contribution in [3.63, 3.8) is 0 Å². The highest BCUT2D eigenvalue weighted by atomic mass is 19.4. The fourth-order valence-electron chi connectivity index (χ4n) is 6.12. The van der Waals surface area contributed by atoms with Crippen LogP contribution in [0.15, 0.2) is 0 Å². The van der Waals surface area contributed by atoms with Gasteiger partial charge in [-0.1, -0.05) is 6.42 Å². The van der Waals surface area contributed by atoms with Gasteiger partial charge in [0.1, 0.15) is 0 Å². The molecule has 6 unspecified atom stereocenters. The van der Waals surface area contributed by atoms with E-state index in [2.05, 4.69) is 16.0 Å². The second kappa shape index (κ2) is 5.77. The summed E-state index contributed by atoms with van der Waals surface area (Å²) in [5.74, 6) is 4.94. The van der Waals surface area contributed by atoms with Gasteiger partial charge >= 0.3 is 6.18 Å².